The average Bonchev–Trinajstić information content (AvgIpc) is 2.59. The predicted molar refractivity (Wildman–Crippen MR) is 63.9 cm³/mol. The molecule has 2 N–H and O–H groups in total. The van der Waals surface area contributed by atoms with Gasteiger partial charge in [-0.1, -0.05) is 13.8 Å². The Morgan fingerprint density at radius 3 is 2.53 bits per heavy atom. The van der Waals surface area contributed by atoms with E-state index in [9.17, 15) is 0 Å². The Morgan fingerprint density at radius 2 is 2.07 bits per heavy atom. The summed E-state index contributed by atoms with van der Waals surface area (Å²) >= 11 is 0. The maximum absolute atomic E-state index is 6.18. The largest absolute Gasteiger partial charge is 0.325 e. The minimum Gasteiger partial charge on any atom is -0.325 e. The lowest BCUT2D eigenvalue weighted by Gasteiger charge is -2.22. The summed E-state index contributed by atoms with van der Waals surface area (Å²) in [6, 6.07) is 2.18. The zero-order valence-electron chi connectivity index (χ0n) is 10.4. The smallest absolute Gasteiger partial charge is 0.0624 e. The molecule has 1 atom stereocenters. The molecule has 3 heteroatoms. The standard InChI is InChI=1S/C12H23N3/c1-5-10-8-11(15(7-3)14-10)9-12(4,13)6-2/h8H,5-7,9,13H2,1-4H3. The van der Waals surface area contributed by atoms with Crippen molar-refractivity contribution in [1.82, 2.24) is 9.78 Å². The third kappa shape index (κ3) is 3.06. The molecule has 0 aliphatic carbocycles. The van der Waals surface area contributed by atoms with Crippen LogP contribution in [0.25, 0.3) is 0 Å². The van der Waals surface area contributed by atoms with E-state index < -0.39 is 0 Å². The Labute approximate surface area is 92.7 Å². The molecule has 0 saturated heterocycles. The van der Waals surface area contributed by atoms with E-state index in [-0.39, 0.29) is 5.54 Å². The van der Waals surface area contributed by atoms with Crippen LogP contribution in [0.15, 0.2) is 6.07 Å². The predicted octanol–water partition coefficient (Wildman–Crippen LogP) is 2.14. The topological polar surface area (TPSA) is 43.8 Å². The molecule has 0 radical (unpaired) electrons. The number of hydrogen-bond acceptors (Lipinski definition) is 2. The van der Waals surface area contributed by atoms with Crippen molar-refractivity contribution in [2.45, 2.75) is 59.0 Å². The molecule has 0 bridgehead atoms. The van der Waals surface area contributed by atoms with Crippen LogP contribution >= 0.6 is 0 Å². The first-order valence-electron chi connectivity index (χ1n) is 5.87. The average molecular weight is 209 g/mol. The highest BCUT2D eigenvalue weighted by Crippen LogP contribution is 2.15. The van der Waals surface area contributed by atoms with Crippen molar-refractivity contribution >= 4 is 0 Å². The van der Waals surface area contributed by atoms with E-state index in [0.29, 0.717) is 0 Å². The number of rotatable bonds is 5. The van der Waals surface area contributed by atoms with Gasteiger partial charge in [-0.25, -0.2) is 0 Å². The first-order valence-corrected chi connectivity index (χ1v) is 5.87. The van der Waals surface area contributed by atoms with Crippen LogP contribution in [0.2, 0.25) is 0 Å². The fourth-order valence-corrected chi connectivity index (χ4v) is 1.64. The molecule has 1 aromatic rings. The lowest BCUT2D eigenvalue weighted by Crippen LogP contribution is -2.38. The summed E-state index contributed by atoms with van der Waals surface area (Å²) in [6.45, 7) is 9.41. The highest BCUT2D eigenvalue weighted by Gasteiger charge is 2.19. The van der Waals surface area contributed by atoms with Gasteiger partial charge in [0.15, 0.2) is 0 Å². The number of nitrogens with zero attached hydrogens (tertiary/aromatic N) is 2. The first kappa shape index (κ1) is 12.2. The van der Waals surface area contributed by atoms with E-state index in [1.54, 1.807) is 0 Å². The monoisotopic (exact) mass is 209 g/mol. The molecule has 0 aromatic carbocycles. The van der Waals surface area contributed by atoms with Crippen molar-refractivity contribution in [3.05, 3.63) is 17.5 Å². The van der Waals surface area contributed by atoms with Crippen LogP contribution in [0.1, 0.15) is 45.5 Å². The van der Waals surface area contributed by atoms with Gasteiger partial charge in [0, 0.05) is 24.2 Å². The molecule has 86 valence electrons. The summed E-state index contributed by atoms with van der Waals surface area (Å²) in [6.07, 6.45) is 2.89. The Balaban J connectivity index is 2.88. The minimum absolute atomic E-state index is 0.113. The second-order valence-corrected chi connectivity index (χ2v) is 4.48. The molecule has 15 heavy (non-hydrogen) atoms. The molecule has 1 unspecified atom stereocenters. The summed E-state index contributed by atoms with van der Waals surface area (Å²) in [5.41, 5.74) is 8.50. The van der Waals surface area contributed by atoms with E-state index >= 15 is 0 Å². The van der Waals surface area contributed by atoms with Gasteiger partial charge >= 0.3 is 0 Å². The summed E-state index contributed by atoms with van der Waals surface area (Å²) in [5, 5.41) is 4.53. The third-order valence-corrected chi connectivity index (χ3v) is 2.97. The highest BCUT2D eigenvalue weighted by atomic mass is 15.3. The third-order valence-electron chi connectivity index (χ3n) is 2.97. The van der Waals surface area contributed by atoms with Crippen LogP contribution in [-0.4, -0.2) is 15.3 Å². The molecule has 0 aliphatic heterocycles. The van der Waals surface area contributed by atoms with Crippen LogP contribution in [0.4, 0.5) is 0 Å². The van der Waals surface area contributed by atoms with E-state index in [1.165, 1.54) is 11.4 Å². The van der Waals surface area contributed by atoms with Crippen LogP contribution in [0, 0.1) is 0 Å². The minimum atomic E-state index is -0.113. The number of aromatic nitrogens is 2. The van der Waals surface area contributed by atoms with Gasteiger partial charge in [-0.15, -0.1) is 0 Å². The maximum Gasteiger partial charge on any atom is 0.0624 e. The van der Waals surface area contributed by atoms with Crippen LogP contribution in [0.3, 0.4) is 0 Å². The second-order valence-electron chi connectivity index (χ2n) is 4.48. The Kier molecular flexibility index (Phi) is 3.91. The highest BCUT2D eigenvalue weighted by molar-refractivity contribution is 5.13. The van der Waals surface area contributed by atoms with Crippen LogP contribution in [0.5, 0.6) is 0 Å². The van der Waals surface area contributed by atoms with Crippen molar-refractivity contribution < 1.29 is 0 Å². The van der Waals surface area contributed by atoms with Crippen LogP contribution < -0.4 is 5.73 Å². The van der Waals surface area contributed by atoms with Gasteiger partial charge in [0.1, 0.15) is 0 Å². The molecular formula is C12H23N3. The Hall–Kier alpha value is -0.830. The molecular weight excluding hydrogens is 186 g/mol. The molecule has 0 aliphatic rings. The Morgan fingerprint density at radius 1 is 1.40 bits per heavy atom. The molecule has 0 saturated carbocycles. The van der Waals surface area contributed by atoms with Gasteiger partial charge < -0.3 is 5.73 Å². The Bertz CT molecular complexity index is 313. The van der Waals surface area contributed by atoms with Gasteiger partial charge in [0.2, 0.25) is 0 Å². The molecule has 1 aromatic heterocycles. The lowest BCUT2D eigenvalue weighted by molar-refractivity contribution is 0.431. The van der Waals surface area contributed by atoms with Gasteiger partial charge in [-0.05, 0) is 32.8 Å². The quantitative estimate of drug-likeness (QED) is 0.807. The molecule has 0 amide bonds. The molecule has 1 heterocycles. The van der Waals surface area contributed by atoms with E-state index in [4.69, 9.17) is 5.73 Å². The van der Waals surface area contributed by atoms with Gasteiger partial charge in [-0.2, -0.15) is 5.10 Å². The van der Waals surface area contributed by atoms with Crippen molar-refractivity contribution in [3.8, 4) is 0 Å². The normalized spacial score (nSPS) is 15.3. The van der Waals surface area contributed by atoms with Crippen molar-refractivity contribution in [3.63, 3.8) is 0 Å². The molecule has 0 fully saturated rings. The van der Waals surface area contributed by atoms with Gasteiger partial charge in [0.25, 0.3) is 0 Å². The number of aryl methyl sites for hydroxylation is 2. The number of nitrogens with two attached hydrogens (primary N) is 1. The SMILES string of the molecule is CCc1cc(CC(C)(N)CC)n(CC)n1. The summed E-state index contributed by atoms with van der Waals surface area (Å²) in [5.74, 6) is 0. The maximum atomic E-state index is 6.18. The summed E-state index contributed by atoms with van der Waals surface area (Å²) < 4.78 is 2.07. The first-order chi connectivity index (χ1) is 7.02. The second kappa shape index (κ2) is 4.79. The molecule has 3 nitrogen and oxygen atoms in total. The van der Waals surface area contributed by atoms with Crippen molar-refractivity contribution in [1.29, 1.82) is 0 Å². The molecule has 0 spiro atoms. The van der Waals surface area contributed by atoms with Crippen LogP contribution in [-0.2, 0) is 19.4 Å². The lowest BCUT2D eigenvalue weighted by atomic mass is 9.94. The number of hydrogen-bond donors (Lipinski definition) is 1. The summed E-state index contributed by atoms with van der Waals surface area (Å²) in [4.78, 5) is 0. The van der Waals surface area contributed by atoms with E-state index in [2.05, 4.69) is 43.5 Å². The zero-order valence-corrected chi connectivity index (χ0v) is 10.4. The van der Waals surface area contributed by atoms with Gasteiger partial charge in [0.05, 0.1) is 5.69 Å². The fourth-order valence-electron chi connectivity index (χ4n) is 1.64. The fraction of sp³-hybridized carbons (Fsp3) is 0.750. The zero-order chi connectivity index (χ0) is 11.5. The van der Waals surface area contributed by atoms with Crippen molar-refractivity contribution in [2.24, 2.45) is 5.73 Å². The van der Waals surface area contributed by atoms with E-state index in [0.717, 1.165) is 25.8 Å². The van der Waals surface area contributed by atoms with Crippen molar-refractivity contribution in [2.75, 3.05) is 0 Å². The summed E-state index contributed by atoms with van der Waals surface area (Å²) in [7, 11) is 0. The van der Waals surface area contributed by atoms with Gasteiger partial charge in [-0.3, -0.25) is 4.68 Å². The molecule has 1 rings (SSSR count). The van der Waals surface area contributed by atoms with E-state index in [1.807, 2.05) is 0 Å².